The second-order valence-corrected chi connectivity index (χ2v) is 9.44. The van der Waals surface area contributed by atoms with E-state index in [4.69, 9.17) is 4.74 Å². The normalized spacial score (nSPS) is 25.0. The number of rotatable bonds is 2. The predicted octanol–water partition coefficient (Wildman–Crippen LogP) is 4.05. The molecule has 0 radical (unpaired) electrons. The summed E-state index contributed by atoms with van der Waals surface area (Å²) < 4.78 is 5.49. The van der Waals surface area contributed by atoms with Crippen LogP contribution in [-0.2, 0) is 14.3 Å². The number of ketones is 1. The van der Waals surface area contributed by atoms with Crippen molar-refractivity contribution in [3.05, 3.63) is 59.3 Å². The van der Waals surface area contributed by atoms with Gasteiger partial charge in [0, 0.05) is 43.1 Å². The Morgan fingerprint density at radius 1 is 0.967 bits per heavy atom. The van der Waals surface area contributed by atoms with Crippen LogP contribution in [0.15, 0.2) is 53.7 Å². The van der Waals surface area contributed by atoms with Gasteiger partial charge in [-0.2, -0.15) is 0 Å². The number of fused-ring (bicyclic) bond motifs is 1. The van der Waals surface area contributed by atoms with E-state index in [0.717, 1.165) is 28.6 Å². The zero-order valence-corrected chi connectivity index (χ0v) is 17.7. The lowest BCUT2D eigenvalue weighted by molar-refractivity contribution is -0.154. The van der Waals surface area contributed by atoms with Crippen LogP contribution in [0.25, 0.3) is 10.8 Å². The summed E-state index contributed by atoms with van der Waals surface area (Å²) in [5.41, 5.74) is 2.67. The molecule has 2 heterocycles. The first-order valence-corrected chi connectivity index (χ1v) is 10.8. The summed E-state index contributed by atoms with van der Waals surface area (Å²) in [6.07, 6.45) is 1.60. The largest absolute Gasteiger partial charge is 0.379 e. The van der Waals surface area contributed by atoms with Crippen LogP contribution in [-0.4, -0.2) is 48.0 Å². The third kappa shape index (κ3) is 3.36. The van der Waals surface area contributed by atoms with Gasteiger partial charge in [-0.05, 0) is 28.2 Å². The van der Waals surface area contributed by atoms with Gasteiger partial charge in [-0.1, -0.05) is 56.3 Å². The zero-order chi connectivity index (χ0) is 20.9. The third-order valence-corrected chi connectivity index (χ3v) is 6.56. The molecule has 5 rings (SSSR count). The monoisotopic (exact) mass is 404 g/mol. The second kappa shape index (κ2) is 7.33. The maximum absolute atomic E-state index is 13.4. The van der Waals surface area contributed by atoms with Gasteiger partial charge < -0.3 is 4.74 Å². The summed E-state index contributed by atoms with van der Waals surface area (Å²) in [6, 6.07) is 14.6. The minimum absolute atomic E-state index is 0.0827. The molecule has 1 aliphatic carbocycles. The molecule has 0 aromatic heterocycles. The number of carbonyl (C=O) groups excluding carboxylic acids is 2. The predicted molar refractivity (Wildman–Crippen MR) is 116 cm³/mol. The van der Waals surface area contributed by atoms with Crippen molar-refractivity contribution in [1.29, 1.82) is 0 Å². The average Bonchev–Trinajstić information content (AvgIpc) is 2.72. The van der Waals surface area contributed by atoms with E-state index < -0.39 is 0 Å². The number of ether oxygens (including phenoxy) is 1. The number of nitrogens with zero attached hydrogens (tertiary/aromatic N) is 2. The highest BCUT2D eigenvalue weighted by atomic mass is 16.5. The number of morpholine rings is 1. The molecule has 0 saturated carbocycles. The van der Waals surface area contributed by atoms with E-state index in [9.17, 15) is 9.59 Å². The molecule has 1 atom stereocenters. The number of hydrazine groups is 1. The molecule has 1 unspecified atom stereocenters. The van der Waals surface area contributed by atoms with Crippen LogP contribution in [0.2, 0.25) is 0 Å². The van der Waals surface area contributed by atoms with Crippen LogP contribution in [0.5, 0.6) is 0 Å². The van der Waals surface area contributed by atoms with Crippen molar-refractivity contribution in [1.82, 2.24) is 10.0 Å². The SMILES string of the molecule is CC1(C)CC(=O)C2=C(C1)N(N1CCOCC1)C(=O)CC2c1ccc2ccccc2c1. The molecule has 0 spiro atoms. The van der Waals surface area contributed by atoms with E-state index in [1.54, 1.807) is 0 Å². The van der Waals surface area contributed by atoms with Gasteiger partial charge >= 0.3 is 0 Å². The molecule has 0 N–H and O–H groups in total. The Hall–Kier alpha value is -2.50. The molecule has 0 bridgehead atoms. The fourth-order valence-corrected chi connectivity index (χ4v) is 5.19. The first-order valence-electron chi connectivity index (χ1n) is 10.8. The van der Waals surface area contributed by atoms with Crippen LogP contribution < -0.4 is 0 Å². The van der Waals surface area contributed by atoms with E-state index in [2.05, 4.69) is 49.2 Å². The number of carbonyl (C=O) groups is 2. The van der Waals surface area contributed by atoms with Gasteiger partial charge in [-0.25, -0.2) is 10.0 Å². The highest BCUT2D eigenvalue weighted by Crippen LogP contribution is 2.47. The molecule has 1 amide bonds. The number of benzene rings is 2. The molecule has 5 nitrogen and oxygen atoms in total. The lowest BCUT2D eigenvalue weighted by atomic mass is 9.69. The Balaban J connectivity index is 1.63. The molecule has 1 fully saturated rings. The lowest BCUT2D eigenvalue weighted by Gasteiger charge is -2.47. The molecule has 2 aromatic carbocycles. The van der Waals surface area contributed by atoms with Gasteiger partial charge in [0.05, 0.1) is 13.2 Å². The van der Waals surface area contributed by atoms with E-state index in [0.29, 0.717) is 39.1 Å². The standard InChI is InChI=1S/C25H28N2O3/c1-25(2)15-21-24(22(28)16-25)20(14-23(29)27(21)26-9-11-30-12-10-26)19-8-7-17-5-3-4-6-18(17)13-19/h3-8,13,20H,9-12,14-16H2,1-2H3. The molecule has 5 heteroatoms. The molecule has 2 aromatic rings. The van der Waals surface area contributed by atoms with Crippen molar-refractivity contribution in [3.63, 3.8) is 0 Å². The Morgan fingerprint density at radius 3 is 2.47 bits per heavy atom. The number of hydrogen-bond donors (Lipinski definition) is 0. The summed E-state index contributed by atoms with van der Waals surface area (Å²) in [5, 5.41) is 6.22. The molecule has 156 valence electrons. The zero-order valence-electron chi connectivity index (χ0n) is 17.7. The maximum atomic E-state index is 13.4. The van der Waals surface area contributed by atoms with E-state index in [1.807, 2.05) is 17.1 Å². The molecular weight excluding hydrogens is 376 g/mol. The van der Waals surface area contributed by atoms with Gasteiger partial charge in [-0.15, -0.1) is 0 Å². The van der Waals surface area contributed by atoms with Crippen molar-refractivity contribution >= 4 is 22.5 Å². The first kappa shape index (κ1) is 19.5. The quantitative estimate of drug-likeness (QED) is 0.758. The minimum Gasteiger partial charge on any atom is -0.379 e. The fourth-order valence-electron chi connectivity index (χ4n) is 5.19. The van der Waals surface area contributed by atoms with Crippen LogP contribution in [0.1, 0.15) is 44.6 Å². The van der Waals surface area contributed by atoms with Crippen molar-refractivity contribution in [2.45, 2.75) is 39.0 Å². The molecule has 2 aliphatic heterocycles. The van der Waals surface area contributed by atoms with Crippen molar-refractivity contribution in [3.8, 4) is 0 Å². The van der Waals surface area contributed by atoms with E-state index in [-0.39, 0.29) is 23.0 Å². The number of Topliss-reactive ketones (excluding diaryl/α,β-unsaturated/α-hetero) is 1. The van der Waals surface area contributed by atoms with Gasteiger partial charge in [0.15, 0.2) is 5.78 Å². The van der Waals surface area contributed by atoms with Crippen LogP contribution in [0, 0.1) is 5.41 Å². The highest BCUT2D eigenvalue weighted by molar-refractivity contribution is 6.02. The summed E-state index contributed by atoms with van der Waals surface area (Å²) >= 11 is 0. The number of allylic oxidation sites excluding steroid dienone is 2. The topological polar surface area (TPSA) is 49.9 Å². The Kier molecular flexibility index (Phi) is 4.75. The van der Waals surface area contributed by atoms with Crippen molar-refractivity contribution < 1.29 is 14.3 Å². The summed E-state index contributed by atoms with van der Waals surface area (Å²) in [6.45, 7) is 6.82. The molecule has 3 aliphatic rings. The number of hydrogen-bond acceptors (Lipinski definition) is 4. The minimum atomic E-state index is -0.169. The maximum Gasteiger partial charge on any atom is 0.242 e. The summed E-state index contributed by atoms with van der Waals surface area (Å²) in [4.78, 5) is 26.8. The Labute approximate surface area is 177 Å². The second-order valence-electron chi connectivity index (χ2n) is 9.44. The Morgan fingerprint density at radius 2 is 1.70 bits per heavy atom. The molecule has 30 heavy (non-hydrogen) atoms. The van der Waals surface area contributed by atoms with Crippen LogP contribution in [0.4, 0.5) is 0 Å². The van der Waals surface area contributed by atoms with Gasteiger partial charge in [-0.3, -0.25) is 9.59 Å². The van der Waals surface area contributed by atoms with Gasteiger partial charge in [0.1, 0.15) is 0 Å². The average molecular weight is 405 g/mol. The fraction of sp³-hybridized carbons (Fsp3) is 0.440. The van der Waals surface area contributed by atoms with Gasteiger partial charge in [0.2, 0.25) is 5.91 Å². The lowest BCUT2D eigenvalue weighted by Crippen LogP contribution is -2.55. The van der Waals surface area contributed by atoms with Crippen LogP contribution in [0.3, 0.4) is 0 Å². The first-order chi connectivity index (χ1) is 14.4. The Bertz CT molecular complexity index is 1050. The van der Waals surface area contributed by atoms with Crippen LogP contribution >= 0.6 is 0 Å². The molecular formula is C25H28N2O3. The summed E-state index contributed by atoms with van der Waals surface area (Å²) in [5.74, 6) is 0.0995. The van der Waals surface area contributed by atoms with E-state index in [1.165, 1.54) is 5.39 Å². The van der Waals surface area contributed by atoms with Crippen molar-refractivity contribution in [2.24, 2.45) is 5.41 Å². The molecule has 1 saturated heterocycles. The number of amides is 1. The smallest absolute Gasteiger partial charge is 0.242 e. The van der Waals surface area contributed by atoms with Gasteiger partial charge in [0.25, 0.3) is 0 Å². The highest BCUT2D eigenvalue weighted by Gasteiger charge is 2.45. The van der Waals surface area contributed by atoms with E-state index >= 15 is 0 Å². The summed E-state index contributed by atoms with van der Waals surface area (Å²) in [7, 11) is 0. The van der Waals surface area contributed by atoms with Crippen molar-refractivity contribution in [2.75, 3.05) is 26.3 Å². The third-order valence-electron chi connectivity index (χ3n) is 6.56.